The third-order valence-electron chi connectivity index (χ3n) is 4.07. The van der Waals surface area contributed by atoms with Crippen LogP contribution in [0.2, 0.25) is 0 Å². The molecule has 3 rings (SSSR count). The number of fused-ring (bicyclic) bond motifs is 1. The number of amides is 1. The number of H-pyrrole nitrogens is 1. The van der Waals surface area contributed by atoms with Gasteiger partial charge in [-0.15, -0.1) is 0 Å². The molecule has 112 valence electrons. The summed E-state index contributed by atoms with van der Waals surface area (Å²) in [6.07, 6.45) is 1.16. The summed E-state index contributed by atoms with van der Waals surface area (Å²) in [5.41, 5.74) is 8.11. The summed E-state index contributed by atoms with van der Waals surface area (Å²) >= 11 is 0. The van der Waals surface area contributed by atoms with Crippen molar-refractivity contribution in [1.82, 2.24) is 14.8 Å². The Balaban J connectivity index is 1.72. The second kappa shape index (κ2) is 5.77. The number of aromatic amines is 1. The lowest BCUT2D eigenvalue weighted by Crippen LogP contribution is -2.48. The number of carbonyl (C=O) groups is 1. The number of aromatic nitrogens is 1. The predicted molar refractivity (Wildman–Crippen MR) is 85.3 cm³/mol. The number of nitrogens with zero attached hydrogens (tertiary/aromatic N) is 2. The van der Waals surface area contributed by atoms with Crippen LogP contribution in [0.4, 0.5) is 5.69 Å². The predicted octanol–water partition coefficient (Wildman–Crippen LogP) is 1.92. The lowest BCUT2D eigenvalue weighted by Gasteiger charge is -2.34. The number of nitrogen functional groups attached to an aromatic ring is 1. The van der Waals surface area contributed by atoms with E-state index < -0.39 is 0 Å². The number of hydrogen-bond acceptors (Lipinski definition) is 3. The van der Waals surface area contributed by atoms with Gasteiger partial charge in [0.2, 0.25) is 0 Å². The molecule has 1 saturated heterocycles. The highest BCUT2D eigenvalue weighted by atomic mass is 16.2. The van der Waals surface area contributed by atoms with E-state index in [4.69, 9.17) is 5.73 Å². The fraction of sp³-hybridized carbons (Fsp3) is 0.438. The molecule has 0 radical (unpaired) electrons. The highest BCUT2D eigenvalue weighted by Gasteiger charge is 2.22. The van der Waals surface area contributed by atoms with Gasteiger partial charge in [0.15, 0.2) is 0 Å². The van der Waals surface area contributed by atoms with Crippen LogP contribution in [-0.4, -0.2) is 53.4 Å². The molecule has 5 nitrogen and oxygen atoms in total. The monoisotopic (exact) mass is 286 g/mol. The van der Waals surface area contributed by atoms with Crippen LogP contribution in [0.1, 0.15) is 23.8 Å². The molecule has 0 atom stereocenters. The number of hydrogen-bond donors (Lipinski definition) is 2. The van der Waals surface area contributed by atoms with Gasteiger partial charge in [-0.2, -0.15) is 0 Å². The molecular weight excluding hydrogens is 264 g/mol. The van der Waals surface area contributed by atoms with Crippen LogP contribution >= 0.6 is 0 Å². The van der Waals surface area contributed by atoms with Crippen molar-refractivity contribution in [2.24, 2.45) is 0 Å². The Bertz CT molecular complexity index is 641. The van der Waals surface area contributed by atoms with Crippen LogP contribution in [-0.2, 0) is 0 Å². The minimum atomic E-state index is 0.0842. The molecule has 2 heterocycles. The van der Waals surface area contributed by atoms with E-state index >= 15 is 0 Å². The first-order chi connectivity index (χ1) is 10.2. The quantitative estimate of drug-likeness (QED) is 0.847. The summed E-state index contributed by atoms with van der Waals surface area (Å²) in [6, 6.07) is 7.55. The van der Waals surface area contributed by atoms with Crippen molar-refractivity contribution in [3.63, 3.8) is 0 Å². The number of rotatable bonds is 3. The third kappa shape index (κ3) is 2.88. The first-order valence-corrected chi connectivity index (χ1v) is 7.57. The molecule has 1 aromatic heterocycles. The molecule has 1 amide bonds. The summed E-state index contributed by atoms with van der Waals surface area (Å²) in [5, 5.41) is 0.989. The van der Waals surface area contributed by atoms with Crippen molar-refractivity contribution >= 4 is 22.5 Å². The van der Waals surface area contributed by atoms with Gasteiger partial charge in [-0.25, -0.2) is 0 Å². The van der Waals surface area contributed by atoms with Gasteiger partial charge in [0.05, 0.1) is 0 Å². The summed E-state index contributed by atoms with van der Waals surface area (Å²) in [4.78, 5) is 20.1. The third-order valence-corrected chi connectivity index (χ3v) is 4.07. The normalized spacial score (nSPS) is 16.5. The molecule has 1 aromatic carbocycles. The lowest BCUT2D eigenvalue weighted by molar-refractivity contribution is 0.0632. The minimum Gasteiger partial charge on any atom is -0.399 e. The molecule has 1 fully saturated rings. The number of benzene rings is 1. The molecule has 21 heavy (non-hydrogen) atoms. The molecule has 0 bridgehead atoms. The van der Waals surface area contributed by atoms with E-state index in [1.54, 1.807) is 0 Å². The number of carbonyl (C=O) groups excluding carboxylic acids is 1. The maximum absolute atomic E-state index is 12.6. The van der Waals surface area contributed by atoms with Gasteiger partial charge in [-0.3, -0.25) is 9.69 Å². The van der Waals surface area contributed by atoms with Crippen molar-refractivity contribution < 1.29 is 4.79 Å². The summed E-state index contributed by atoms with van der Waals surface area (Å²) in [7, 11) is 0. The number of nitrogens with one attached hydrogen (secondary N) is 1. The van der Waals surface area contributed by atoms with Crippen molar-refractivity contribution in [3.8, 4) is 0 Å². The van der Waals surface area contributed by atoms with Crippen LogP contribution in [0.25, 0.3) is 10.9 Å². The number of anilines is 1. The maximum atomic E-state index is 12.6. The second-order valence-corrected chi connectivity index (χ2v) is 5.66. The van der Waals surface area contributed by atoms with E-state index in [2.05, 4.69) is 16.8 Å². The molecule has 5 heteroatoms. The average Bonchev–Trinajstić information content (AvgIpc) is 2.90. The zero-order valence-corrected chi connectivity index (χ0v) is 12.4. The van der Waals surface area contributed by atoms with E-state index in [1.807, 2.05) is 29.2 Å². The van der Waals surface area contributed by atoms with Crippen molar-refractivity contribution in [2.75, 3.05) is 38.5 Å². The first-order valence-electron chi connectivity index (χ1n) is 7.57. The lowest BCUT2D eigenvalue weighted by atomic mass is 10.2. The fourth-order valence-electron chi connectivity index (χ4n) is 2.93. The van der Waals surface area contributed by atoms with Gasteiger partial charge in [-0.05, 0) is 37.2 Å². The summed E-state index contributed by atoms with van der Waals surface area (Å²) < 4.78 is 0. The molecule has 0 spiro atoms. The van der Waals surface area contributed by atoms with Crippen LogP contribution in [0.15, 0.2) is 24.3 Å². The minimum absolute atomic E-state index is 0.0842. The molecule has 0 aliphatic carbocycles. The largest absolute Gasteiger partial charge is 0.399 e. The standard InChI is InChI=1S/C16H22N4O/c1-2-5-19-6-8-20(9-7-19)16(21)15-11-12-10-13(17)3-4-14(12)18-15/h3-4,10-11,18H,2,5-9,17H2,1H3. The zero-order chi connectivity index (χ0) is 14.8. The van der Waals surface area contributed by atoms with E-state index in [-0.39, 0.29) is 5.91 Å². The molecule has 0 unspecified atom stereocenters. The van der Waals surface area contributed by atoms with Gasteiger partial charge in [0.25, 0.3) is 5.91 Å². The van der Waals surface area contributed by atoms with Crippen molar-refractivity contribution in [3.05, 3.63) is 30.0 Å². The van der Waals surface area contributed by atoms with E-state index in [0.717, 1.165) is 50.0 Å². The maximum Gasteiger partial charge on any atom is 0.270 e. The Morgan fingerprint density at radius 2 is 2.00 bits per heavy atom. The Kier molecular flexibility index (Phi) is 3.84. The first kappa shape index (κ1) is 13.9. The number of nitrogens with two attached hydrogens (primary N) is 1. The molecule has 2 aromatic rings. The van der Waals surface area contributed by atoms with E-state index in [1.165, 1.54) is 0 Å². The SMILES string of the molecule is CCCN1CCN(C(=O)c2cc3cc(N)ccc3[nH]2)CC1. The summed E-state index contributed by atoms with van der Waals surface area (Å²) in [6.45, 7) is 6.84. The second-order valence-electron chi connectivity index (χ2n) is 5.66. The topological polar surface area (TPSA) is 65.4 Å². The van der Waals surface area contributed by atoms with E-state index in [9.17, 15) is 4.79 Å². The number of piperazine rings is 1. The molecule has 3 N–H and O–H groups in total. The van der Waals surface area contributed by atoms with Gasteiger partial charge < -0.3 is 15.6 Å². The van der Waals surface area contributed by atoms with E-state index in [0.29, 0.717) is 11.4 Å². The van der Waals surface area contributed by atoms with Crippen LogP contribution in [0, 0.1) is 0 Å². The van der Waals surface area contributed by atoms with Gasteiger partial charge in [-0.1, -0.05) is 6.92 Å². The van der Waals surface area contributed by atoms with Crippen molar-refractivity contribution in [1.29, 1.82) is 0 Å². The fourth-order valence-corrected chi connectivity index (χ4v) is 2.93. The van der Waals surface area contributed by atoms with Gasteiger partial charge in [0, 0.05) is 42.8 Å². The Labute approximate surface area is 124 Å². The highest BCUT2D eigenvalue weighted by molar-refractivity contribution is 5.98. The zero-order valence-electron chi connectivity index (χ0n) is 12.4. The molecule has 1 aliphatic rings. The average molecular weight is 286 g/mol. The Morgan fingerprint density at radius 3 is 2.71 bits per heavy atom. The van der Waals surface area contributed by atoms with Crippen LogP contribution in [0.3, 0.4) is 0 Å². The van der Waals surface area contributed by atoms with Crippen LogP contribution < -0.4 is 5.73 Å². The molecule has 1 aliphatic heterocycles. The van der Waals surface area contributed by atoms with Crippen LogP contribution in [0.5, 0.6) is 0 Å². The Hall–Kier alpha value is -2.01. The van der Waals surface area contributed by atoms with Gasteiger partial charge >= 0.3 is 0 Å². The molecular formula is C16H22N4O. The van der Waals surface area contributed by atoms with Crippen molar-refractivity contribution in [2.45, 2.75) is 13.3 Å². The summed E-state index contributed by atoms with van der Waals surface area (Å²) in [5.74, 6) is 0.0842. The molecule has 0 saturated carbocycles. The Morgan fingerprint density at radius 1 is 1.24 bits per heavy atom. The smallest absolute Gasteiger partial charge is 0.270 e. The van der Waals surface area contributed by atoms with Gasteiger partial charge in [0.1, 0.15) is 5.69 Å². The highest BCUT2D eigenvalue weighted by Crippen LogP contribution is 2.19.